The van der Waals surface area contributed by atoms with E-state index in [2.05, 4.69) is 210 Å². The smallest absolute Gasteiger partial charge is 0.179 e. The van der Waals surface area contributed by atoms with Gasteiger partial charge in [0.2, 0.25) is 0 Å². The Bertz CT molecular complexity index is 1690. The van der Waals surface area contributed by atoms with E-state index in [9.17, 15) is 0 Å². The minimum absolute atomic E-state index is 0.0969. The molecule has 0 spiro atoms. The lowest BCUT2D eigenvalue weighted by Gasteiger charge is -2.35. The second kappa shape index (κ2) is 12.6. The van der Waals surface area contributed by atoms with Gasteiger partial charge in [-0.25, -0.2) is 0 Å². The number of anilines is 3. The SMILES string of the molecule is CC(C)(C)c1ccc(N(c2ccc(C(C)(C)C)cc2)c2ccc([Si](c3ccccc3)(c3ccccc3)c3ccccc3)cc2)cc1. The molecule has 46 heavy (non-hydrogen) atoms. The topological polar surface area (TPSA) is 3.24 Å². The zero-order valence-corrected chi connectivity index (χ0v) is 29.0. The Morgan fingerprint density at radius 3 is 0.870 bits per heavy atom. The van der Waals surface area contributed by atoms with Crippen LogP contribution in [0.4, 0.5) is 17.1 Å². The van der Waals surface area contributed by atoms with E-state index in [0.717, 1.165) is 17.1 Å². The third-order valence-electron chi connectivity index (χ3n) is 9.16. The summed E-state index contributed by atoms with van der Waals surface area (Å²) in [5, 5.41) is 5.51. The summed E-state index contributed by atoms with van der Waals surface area (Å²) in [6.07, 6.45) is 0. The van der Waals surface area contributed by atoms with Crippen LogP contribution in [0.3, 0.4) is 0 Å². The fourth-order valence-corrected chi connectivity index (χ4v) is 11.3. The van der Waals surface area contributed by atoms with Gasteiger partial charge in [-0.2, -0.15) is 0 Å². The van der Waals surface area contributed by atoms with E-state index in [1.165, 1.54) is 31.9 Å². The van der Waals surface area contributed by atoms with E-state index in [1.807, 2.05) is 0 Å². The van der Waals surface area contributed by atoms with E-state index in [-0.39, 0.29) is 10.8 Å². The maximum atomic E-state index is 2.39. The fraction of sp³-hybridized carbons (Fsp3) is 0.182. The third kappa shape index (κ3) is 6.10. The van der Waals surface area contributed by atoms with Gasteiger partial charge < -0.3 is 4.90 Å². The first kappa shape index (κ1) is 31.3. The average Bonchev–Trinajstić information content (AvgIpc) is 3.07. The maximum Gasteiger partial charge on any atom is 0.179 e. The van der Waals surface area contributed by atoms with Crippen LogP contribution in [0.15, 0.2) is 164 Å². The van der Waals surface area contributed by atoms with Gasteiger partial charge in [0.05, 0.1) is 0 Å². The highest BCUT2D eigenvalue weighted by Gasteiger charge is 2.41. The first-order valence-electron chi connectivity index (χ1n) is 16.4. The van der Waals surface area contributed by atoms with E-state index in [4.69, 9.17) is 0 Å². The predicted octanol–water partition coefficient (Wildman–Crippen LogP) is 9.13. The number of hydrogen-bond donors (Lipinski definition) is 0. The lowest BCUT2D eigenvalue weighted by atomic mass is 9.86. The van der Waals surface area contributed by atoms with E-state index >= 15 is 0 Å². The van der Waals surface area contributed by atoms with Crippen molar-refractivity contribution in [3.63, 3.8) is 0 Å². The molecule has 0 aliphatic carbocycles. The van der Waals surface area contributed by atoms with Crippen LogP contribution in [0.25, 0.3) is 0 Å². The highest BCUT2D eigenvalue weighted by atomic mass is 28.3. The molecule has 0 aliphatic rings. The molecular formula is C44H45NSi. The van der Waals surface area contributed by atoms with Crippen molar-refractivity contribution in [3.8, 4) is 0 Å². The number of nitrogens with zero attached hydrogens (tertiary/aromatic N) is 1. The van der Waals surface area contributed by atoms with Crippen LogP contribution >= 0.6 is 0 Å². The molecule has 0 atom stereocenters. The van der Waals surface area contributed by atoms with Crippen molar-refractivity contribution in [2.75, 3.05) is 4.90 Å². The molecule has 0 saturated heterocycles. The molecule has 6 rings (SSSR count). The van der Waals surface area contributed by atoms with Crippen molar-refractivity contribution in [3.05, 3.63) is 175 Å². The monoisotopic (exact) mass is 615 g/mol. The molecule has 0 bridgehead atoms. The summed E-state index contributed by atoms with van der Waals surface area (Å²) in [6.45, 7) is 13.6. The molecule has 6 aromatic carbocycles. The van der Waals surface area contributed by atoms with Gasteiger partial charge in [0.1, 0.15) is 0 Å². The molecule has 0 saturated carbocycles. The van der Waals surface area contributed by atoms with Gasteiger partial charge in [-0.3, -0.25) is 0 Å². The largest absolute Gasteiger partial charge is 0.311 e. The Morgan fingerprint density at radius 2 is 0.587 bits per heavy atom. The molecule has 230 valence electrons. The summed E-state index contributed by atoms with van der Waals surface area (Å²) in [6, 6.07) is 61.0. The third-order valence-corrected chi connectivity index (χ3v) is 14.0. The molecule has 0 radical (unpaired) electrons. The van der Waals surface area contributed by atoms with Crippen molar-refractivity contribution in [2.24, 2.45) is 0 Å². The van der Waals surface area contributed by atoms with Gasteiger partial charge in [-0.05, 0) is 79.1 Å². The van der Waals surface area contributed by atoms with Gasteiger partial charge >= 0.3 is 0 Å². The van der Waals surface area contributed by atoms with Gasteiger partial charge in [0, 0.05) is 17.1 Å². The summed E-state index contributed by atoms with van der Waals surface area (Å²) < 4.78 is 0. The highest BCUT2D eigenvalue weighted by Crippen LogP contribution is 2.36. The molecule has 0 heterocycles. The normalized spacial score (nSPS) is 12.1. The van der Waals surface area contributed by atoms with Crippen molar-refractivity contribution < 1.29 is 0 Å². The molecule has 0 N–H and O–H groups in total. The minimum Gasteiger partial charge on any atom is -0.311 e. The highest BCUT2D eigenvalue weighted by molar-refractivity contribution is 7.19. The Labute approximate surface area is 277 Å². The maximum absolute atomic E-state index is 2.59. The number of benzene rings is 6. The second-order valence-electron chi connectivity index (χ2n) is 14.3. The van der Waals surface area contributed by atoms with Crippen molar-refractivity contribution >= 4 is 45.9 Å². The van der Waals surface area contributed by atoms with Crippen LogP contribution in [0.1, 0.15) is 52.7 Å². The van der Waals surface area contributed by atoms with Crippen LogP contribution in [0, 0.1) is 0 Å². The molecule has 0 unspecified atom stereocenters. The number of hydrogen-bond acceptors (Lipinski definition) is 1. The number of rotatable bonds is 7. The van der Waals surface area contributed by atoms with Crippen molar-refractivity contribution in [1.82, 2.24) is 0 Å². The van der Waals surface area contributed by atoms with Crippen LogP contribution in [-0.2, 0) is 10.8 Å². The van der Waals surface area contributed by atoms with Gasteiger partial charge in [0.15, 0.2) is 8.07 Å². The summed E-state index contributed by atoms with van der Waals surface area (Å²) >= 11 is 0. The predicted molar refractivity (Wildman–Crippen MR) is 202 cm³/mol. The van der Waals surface area contributed by atoms with E-state index < -0.39 is 8.07 Å². The van der Waals surface area contributed by atoms with Crippen molar-refractivity contribution in [1.29, 1.82) is 0 Å². The van der Waals surface area contributed by atoms with E-state index in [1.54, 1.807) is 0 Å². The molecule has 0 amide bonds. The van der Waals surface area contributed by atoms with Crippen LogP contribution < -0.4 is 25.6 Å². The summed E-state index contributed by atoms with van der Waals surface area (Å²) in [5.74, 6) is 0. The standard InChI is InChI=1S/C44H45NSi/c1-43(2,3)34-22-26-36(27-23-34)45(37-28-24-35(25-29-37)44(4,5)6)38-30-32-42(33-31-38)46(39-16-10-7-11-17-39,40-18-12-8-13-19-40)41-20-14-9-15-21-41/h7-33H,1-6H3. The summed E-state index contributed by atoms with van der Waals surface area (Å²) in [5.41, 5.74) is 6.31. The minimum atomic E-state index is -2.59. The Balaban J connectivity index is 1.53. The fourth-order valence-electron chi connectivity index (χ4n) is 6.59. The van der Waals surface area contributed by atoms with Crippen LogP contribution in [-0.4, -0.2) is 8.07 Å². The van der Waals surface area contributed by atoms with Gasteiger partial charge in [-0.1, -0.05) is 169 Å². The molecule has 0 fully saturated rings. The van der Waals surface area contributed by atoms with E-state index in [0.29, 0.717) is 0 Å². The first-order valence-corrected chi connectivity index (χ1v) is 18.4. The zero-order chi connectivity index (χ0) is 32.4. The molecule has 6 aromatic rings. The molecule has 0 aromatic heterocycles. The molecule has 2 heteroatoms. The zero-order valence-electron chi connectivity index (χ0n) is 28.0. The Morgan fingerprint density at radius 1 is 0.326 bits per heavy atom. The molecule has 0 aliphatic heterocycles. The van der Waals surface area contributed by atoms with Gasteiger partial charge in [-0.15, -0.1) is 0 Å². The lowest BCUT2D eigenvalue weighted by molar-refractivity contribution is 0.590. The Hall–Kier alpha value is -4.66. The molecular weight excluding hydrogens is 571 g/mol. The van der Waals surface area contributed by atoms with Crippen LogP contribution in [0.2, 0.25) is 0 Å². The Kier molecular flexibility index (Phi) is 8.59. The van der Waals surface area contributed by atoms with Crippen molar-refractivity contribution in [2.45, 2.75) is 52.4 Å². The van der Waals surface area contributed by atoms with Crippen LogP contribution in [0.5, 0.6) is 0 Å². The summed E-state index contributed by atoms with van der Waals surface area (Å²) in [4.78, 5) is 2.39. The first-order chi connectivity index (χ1) is 22.1. The second-order valence-corrected chi connectivity index (χ2v) is 18.1. The molecule has 1 nitrogen and oxygen atoms in total. The summed E-state index contributed by atoms with van der Waals surface area (Å²) in [7, 11) is -2.59. The quantitative estimate of drug-likeness (QED) is 0.128. The lowest BCUT2D eigenvalue weighted by Crippen LogP contribution is -2.74. The van der Waals surface area contributed by atoms with Gasteiger partial charge in [0.25, 0.3) is 0 Å². The average molecular weight is 616 g/mol.